The number of aromatic nitrogens is 4. The van der Waals surface area contributed by atoms with Crippen LogP contribution in [0, 0.1) is 19.8 Å². The van der Waals surface area contributed by atoms with E-state index in [0.29, 0.717) is 24.5 Å². The summed E-state index contributed by atoms with van der Waals surface area (Å²) in [4.78, 5) is 35.9. The molecular formula is C22H32N6O2. The Labute approximate surface area is 177 Å². The van der Waals surface area contributed by atoms with Crippen LogP contribution in [0.1, 0.15) is 68.3 Å². The Morgan fingerprint density at radius 1 is 1.10 bits per heavy atom. The molecule has 2 aliphatic rings. The summed E-state index contributed by atoms with van der Waals surface area (Å²) in [6, 6.07) is 0.158. The summed E-state index contributed by atoms with van der Waals surface area (Å²) in [6.07, 6.45) is 9.95. The fourth-order valence-electron chi connectivity index (χ4n) is 4.91. The summed E-state index contributed by atoms with van der Waals surface area (Å²) in [5.41, 5.74) is 2.93. The van der Waals surface area contributed by atoms with Crippen LogP contribution in [-0.4, -0.2) is 55.4 Å². The Morgan fingerprint density at radius 2 is 1.83 bits per heavy atom. The monoisotopic (exact) mass is 412 g/mol. The molecule has 0 aromatic carbocycles. The van der Waals surface area contributed by atoms with Crippen LogP contribution in [0.5, 0.6) is 0 Å². The van der Waals surface area contributed by atoms with Crippen LogP contribution in [0.15, 0.2) is 6.33 Å². The van der Waals surface area contributed by atoms with Gasteiger partial charge >= 0.3 is 0 Å². The number of carbonyl (C=O) groups is 2. The Balaban J connectivity index is 1.25. The normalized spacial score (nSPS) is 18.7. The van der Waals surface area contributed by atoms with Crippen molar-refractivity contribution in [1.29, 1.82) is 0 Å². The van der Waals surface area contributed by atoms with Gasteiger partial charge in [-0.3, -0.25) is 9.59 Å². The number of hydrogen-bond acceptors (Lipinski definition) is 5. The van der Waals surface area contributed by atoms with Crippen LogP contribution in [0.4, 0.5) is 0 Å². The molecule has 0 radical (unpaired) electrons. The number of aryl methyl sites for hydroxylation is 2. The molecule has 8 nitrogen and oxygen atoms in total. The van der Waals surface area contributed by atoms with Gasteiger partial charge in [-0.2, -0.15) is 10.1 Å². The Morgan fingerprint density at radius 3 is 2.57 bits per heavy atom. The number of carbonyl (C=O) groups excluding carboxylic acids is 2. The van der Waals surface area contributed by atoms with Crippen molar-refractivity contribution in [2.24, 2.45) is 5.92 Å². The van der Waals surface area contributed by atoms with Gasteiger partial charge < -0.3 is 10.2 Å². The molecule has 1 aliphatic carbocycles. The standard InChI is InChI=1S/C22H32N6O2/c1-15-19(16(2)28-22(25-15)23-14-24-28)8-9-20(29)26-18-10-12-27(13-11-18)21(30)17-6-4-3-5-7-17/h14,17-18H,3-13H2,1-2H3,(H,26,29). The molecule has 3 heterocycles. The molecule has 30 heavy (non-hydrogen) atoms. The van der Waals surface area contributed by atoms with Crippen molar-refractivity contribution in [3.63, 3.8) is 0 Å². The van der Waals surface area contributed by atoms with Crippen LogP contribution in [0.3, 0.4) is 0 Å². The van der Waals surface area contributed by atoms with Crippen molar-refractivity contribution in [3.8, 4) is 0 Å². The predicted octanol–water partition coefficient (Wildman–Crippen LogP) is 2.36. The Hall–Kier alpha value is -2.51. The van der Waals surface area contributed by atoms with Gasteiger partial charge in [0.15, 0.2) is 0 Å². The summed E-state index contributed by atoms with van der Waals surface area (Å²) in [5, 5.41) is 7.37. The summed E-state index contributed by atoms with van der Waals surface area (Å²) < 4.78 is 1.72. The van der Waals surface area contributed by atoms with E-state index in [2.05, 4.69) is 20.4 Å². The summed E-state index contributed by atoms with van der Waals surface area (Å²) >= 11 is 0. The fraction of sp³-hybridized carbons (Fsp3) is 0.682. The number of nitrogens with zero attached hydrogens (tertiary/aromatic N) is 5. The molecule has 2 amide bonds. The molecule has 2 aromatic rings. The van der Waals surface area contributed by atoms with E-state index in [-0.39, 0.29) is 17.9 Å². The minimum absolute atomic E-state index is 0.0598. The largest absolute Gasteiger partial charge is 0.353 e. The highest BCUT2D eigenvalue weighted by atomic mass is 16.2. The lowest BCUT2D eigenvalue weighted by Crippen LogP contribution is -2.48. The number of rotatable bonds is 5. The van der Waals surface area contributed by atoms with E-state index in [1.165, 1.54) is 25.6 Å². The van der Waals surface area contributed by atoms with Crippen LogP contribution >= 0.6 is 0 Å². The van der Waals surface area contributed by atoms with Gasteiger partial charge in [0.2, 0.25) is 11.8 Å². The van der Waals surface area contributed by atoms with Crippen molar-refractivity contribution < 1.29 is 9.59 Å². The van der Waals surface area contributed by atoms with Crippen LogP contribution in [0.25, 0.3) is 5.78 Å². The maximum atomic E-state index is 12.7. The first-order valence-corrected chi connectivity index (χ1v) is 11.3. The molecule has 4 rings (SSSR count). The minimum Gasteiger partial charge on any atom is -0.353 e. The molecule has 8 heteroatoms. The molecule has 2 aromatic heterocycles. The molecule has 1 saturated carbocycles. The lowest BCUT2D eigenvalue weighted by atomic mass is 9.87. The number of fused-ring (bicyclic) bond motifs is 1. The highest BCUT2D eigenvalue weighted by Gasteiger charge is 2.29. The molecule has 1 aliphatic heterocycles. The summed E-state index contributed by atoms with van der Waals surface area (Å²) in [7, 11) is 0. The second-order valence-electron chi connectivity index (χ2n) is 8.74. The van der Waals surface area contributed by atoms with Crippen molar-refractivity contribution in [2.75, 3.05) is 13.1 Å². The van der Waals surface area contributed by atoms with E-state index in [1.807, 2.05) is 18.7 Å². The average molecular weight is 413 g/mol. The summed E-state index contributed by atoms with van der Waals surface area (Å²) in [6.45, 7) is 5.45. The van der Waals surface area contributed by atoms with Crippen molar-refractivity contribution in [2.45, 2.75) is 77.7 Å². The van der Waals surface area contributed by atoms with Crippen molar-refractivity contribution in [1.82, 2.24) is 29.8 Å². The van der Waals surface area contributed by atoms with Gasteiger partial charge in [0.25, 0.3) is 5.78 Å². The van der Waals surface area contributed by atoms with Crippen LogP contribution in [-0.2, 0) is 16.0 Å². The van der Waals surface area contributed by atoms with E-state index in [0.717, 1.165) is 55.7 Å². The first kappa shape index (κ1) is 20.8. The Kier molecular flexibility index (Phi) is 6.29. The molecule has 0 unspecified atom stereocenters. The minimum atomic E-state index is 0.0598. The maximum Gasteiger partial charge on any atom is 0.252 e. The smallest absolute Gasteiger partial charge is 0.252 e. The van der Waals surface area contributed by atoms with Crippen molar-refractivity contribution in [3.05, 3.63) is 23.3 Å². The molecule has 1 N–H and O–H groups in total. The van der Waals surface area contributed by atoms with Gasteiger partial charge in [-0.1, -0.05) is 19.3 Å². The molecule has 2 fully saturated rings. The number of amides is 2. The second-order valence-corrected chi connectivity index (χ2v) is 8.74. The van der Waals surface area contributed by atoms with Gasteiger partial charge in [-0.05, 0) is 51.5 Å². The first-order chi connectivity index (χ1) is 14.5. The van der Waals surface area contributed by atoms with Crippen LogP contribution < -0.4 is 5.32 Å². The lowest BCUT2D eigenvalue weighted by molar-refractivity contribution is -0.137. The van der Waals surface area contributed by atoms with Gasteiger partial charge in [0.1, 0.15) is 6.33 Å². The van der Waals surface area contributed by atoms with E-state index in [4.69, 9.17) is 0 Å². The topological polar surface area (TPSA) is 92.5 Å². The SMILES string of the molecule is Cc1nc2ncnn2c(C)c1CCC(=O)NC1CCN(C(=O)C2CCCCC2)CC1. The zero-order chi connectivity index (χ0) is 21.1. The number of nitrogens with one attached hydrogen (secondary N) is 1. The lowest BCUT2D eigenvalue weighted by Gasteiger charge is -2.35. The summed E-state index contributed by atoms with van der Waals surface area (Å²) in [5.74, 6) is 1.21. The Bertz CT molecular complexity index is 910. The third-order valence-electron chi connectivity index (χ3n) is 6.72. The van der Waals surface area contributed by atoms with Crippen molar-refractivity contribution >= 4 is 17.6 Å². The van der Waals surface area contributed by atoms with Gasteiger partial charge in [0, 0.05) is 42.9 Å². The van der Waals surface area contributed by atoms with E-state index in [9.17, 15) is 9.59 Å². The molecule has 0 bridgehead atoms. The zero-order valence-electron chi connectivity index (χ0n) is 18.1. The quantitative estimate of drug-likeness (QED) is 0.814. The second kappa shape index (κ2) is 9.10. The predicted molar refractivity (Wildman–Crippen MR) is 113 cm³/mol. The number of hydrogen-bond donors (Lipinski definition) is 1. The average Bonchev–Trinajstić information content (AvgIpc) is 3.23. The zero-order valence-corrected chi connectivity index (χ0v) is 18.1. The third-order valence-corrected chi connectivity index (χ3v) is 6.72. The molecular weight excluding hydrogens is 380 g/mol. The maximum absolute atomic E-state index is 12.7. The highest BCUT2D eigenvalue weighted by molar-refractivity contribution is 5.79. The molecule has 0 spiro atoms. The van der Waals surface area contributed by atoms with Crippen LogP contribution in [0.2, 0.25) is 0 Å². The van der Waals surface area contributed by atoms with Gasteiger partial charge in [-0.15, -0.1) is 0 Å². The first-order valence-electron chi connectivity index (χ1n) is 11.3. The van der Waals surface area contributed by atoms with E-state index >= 15 is 0 Å². The fourth-order valence-corrected chi connectivity index (χ4v) is 4.91. The van der Waals surface area contributed by atoms with Gasteiger partial charge in [-0.25, -0.2) is 9.50 Å². The highest BCUT2D eigenvalue weighted by Crippen LogP contribution is 2.26. The number of piperidine rings is 1. The van der Waals surface area contributed by atoms with Gasteiger partial charge in [0.05, 0.1) is 0 Å². The molecule has 162 valence electrons. The third kappa shape index (κ3) is 4.47. The van der Waals surface area contributed by atoms with E-state index < -0.39 is 0 Å². The molecule has 1 saturated heterocycles. The number of likely N-dealkylation sites (tertiary alicyclic amines) is 1. The molecule has 0 atom stereocenters. The van der Waals surface area contributed by atoms with E-state index in [1.54, 1.807) is 4.52 Å².